The fourth-order valence-electron chi connectivity index (χ4n) is 2.80. The molecular formula is C10H14BrN3S. The molecule has 0 saturated carbocycles. The van der Waals surface area contributed by atoms with Crippen molar-refractivity contribution in [2.75, 3.05) is 24.5 Å². The lowest BCUT2D eigenvalue weighted by molar-refractivity contribution is 0.471. The second kappa shape index (κ2) is 3.71. The van der Waals surface area contributed by atoms with Gasteiger partial charge >= 0.3 is 0 Å². The Hall–Kier alpha value is -0.130. The lowest BCUT2D eigenvalue weighted by Crippen LogP contribution is -2.33. The fourth-order valence-corrected chi connectivity index (χ4v) is 4.15. The topological polar surface area (TPSA) is 28.2 Å². The maximum absolute atomic E-state index is 4.51. The van der Waals surface area contributed by atoms with E-state index in [1.165, 1.54) is 24.8 Å². The summed E-state index contributed by atoms with van der Waals surface area (Å²) in [5.74, 6) is 1.63. The molecule has 2 aliphatic heterocycles. The number of nitrogens with one attached hydrogen (secondary N) is 1. The van der Waals surface area contributed by atoms with Crippen molar-refractivity contribution in [3.63, 3.8) is 0 Å². The average Bonchev–Trinajstić information content (AvgIpc) is 2.84. The van der Waals surface area contributed by atoms with Crippen molar-refractivity contribution in [2.24, 2.45) is 11.8 Å². The predicted molar refractivity (Wildman–Crippen MR) is 66.5 cm³/mol. The van der Waals surface area contributed by atoms with Crippen molar-refractivity contribution in [1.82, 2.24) is 10.3 Å². The van der Waals surface area contributed by atoms with Crippen LogP contribution in [0, 0.1) is 11.8 Å². The first kappa shape index (κ1) is 10.1. The van der Waals surface area contributed by atoms with Crippen LogP contribution >= 0.6 is 27.3 Å². The lowest BCUT2D eigenvalue weighted by Gasteiger charge is -2.23. The Balaban J connectivity index is 1.84. The minimum Gasteiger partial charge on any atom is -0.345 e. The predicted octanol–water partition coefficient (Wildman–Crippen LogP) is 1.95. The maximum Gasteiger partial charge on any atom is 0.186 e. The number of aromatic nitrogens is 1. The number of rotatable bonds is 1. The third-order valence-corrected chi connectivity index (χ3v) is 5.23. The largest absolute Gasteiger partial charge is 0.345 e. The highest BCUT2D eigenvalue weighted by molar-refractivity contribution is 9.10. The minimum atomic E-state index is 0.628. The van der Waals surface area contributed by atoms with E-state index in [1.807, 2.05) is 0 Å². The van der Waals surface area contributed by atoms with Gasteiger partial charge in [0, 0.05) is 31.1 Å². The van der Waals surface area contributed by atoms with Gasteiger partial charge in [-0.2, -0.15) is 0 Å². The van der Waals surface area contributed by atoms with Crippen molar-refractivity contribution in [3.05, 3.63) is 9.98 Å². The summed E-state index contributed by atoms with van der Waals surface area (Å²) in [6.45, 7) is 5.85. The molecule has 3 nitrogen and oxygen atoms in total. The van der Waals surface area contributed by atoms with E-state index in [9.17, 15) is 0 Å². The summed E-state index contributed by atoms with van der Waals surface area (Å²) in [4.78, 5) is 6.97. The van der Waals surface area contributed by atoms with Crippen LogP contribution in [0.15, 0.2) is 9.98 Å². The fraction of sp³-hybridized carbons (Fsp3) is 0.700. The molecule has 3 atom stereocenters. The minimum absolute atomic E-state index is 0.628. The Morgan fingerprint density at radius 3 is 3.13 bits per heavy atom. The number of hydrogen-bond acceptors (Lipinski definition) is 4. The van der Waals surface area contributed by atoms with Crippen LogP contribution in [0.25, 0.3) is 0 Å². The molecule has 82 valence electrons. The molecule has 1 aromatic rings. The molecule has 2 saturated heterocycles. The number of fused-ring (bicyclic) bond motifs is 1. The normalized spacial score (nSPS) is 34.8. The van der Waals surface area contributed by atoms with Crippen LogP contribution in [0.3, 0.4) is 0 Å². The Bertz CT molecular complexity index is 367. The molecule has 3 heterocycles. The van der Waals surface area contributed by atoms with Gasteiger partial charge < -0.3 is 10.2 Å². The van der Waals surface area contributed by atoms with Crippen LogP contribution in [-0.4, -0.2) is 30.7 Å². The van der Waals surface area contributed by atoms with E-state index < -0.39 is 0 Å². The molecule has 0 aromatic carbocycles. The highest BCUT2D eigenvalue weighted by Crippen LogP contribution is 2.37. The molecule has 0 bridgehead atoms. The number of nitrogens with zero attached hydrogens (tertiary/aromatic N) is 2. The van der Waals surface area contributed by atoms with E-state index in [0.717, 1.165) is 16.4 Å². The highest BCUT2D eigenvalue weighted by Gasteiger charge is 2.42. The molecule has 1 aromatic heterocycles. The van der Waals surface area contributed by atoms with Crippen molar-refractivity contribution in [3.8, 4) is 0 Å². The molecule has 0 aliphatic carbocycles. The molecule has 3 unspecified atom stereocenters. The van der Waals surface area contributed by atoms with Crippen molar-refractivity contribution >= 4 is 32.4 Å². The van der Waals surface area contributed by atoms with Gasteiger partial charge in [0.1, 0.15) is 4.60 Å². The molecule has 5 heteroatoms. The van der Waals surface area contributed by atoms with Gasteiger partial charge in [-0.1, -0.05) is 0 Å². The third kappa shape index (κ3) is 1.61. The molecule has 2 fully saturated rings. The molecular weight excluding hydrogens is 274 g/mol. The van der Waals surface area contributed by atoms with Gasteiger partial charge in [-0.05, 0) is 34.7 Å². The van der Waals surface area contributed by atoms with Crippen LogP contribution in [0.4, 0.5) is 5.13 Å². The molecule has 0 spiro atoms. The molecule has 0 radical (unpaired) electrons. The van der Waals surface area contributed by atoms with E-state index in [2.05, 4.69) is 43.4 Å². The van der Waals surface area contributed by atoms with Crippen molar-refractivity contribution in [2.45, 2.75) is 13.0 Å². The quantitative estimate of drug-likeness (QED) is 0.856. The van der Waals surface area contributed by atoms with Gasteiger partial charge in [-0.15, -0.1) is 11.3 Å². The van der Waals surface area contributed by atoms with Crippen molar-refractivity contribution < 1.29 is 0 Å². The zero-order valence-electron chi connectivity index (χ0n) is 8.61. The summed E-state index contributed by atoms with van der Waals surface area (Å²) >= 11 is 5.16. The Morgan fingerprint density at radius 1 is 1.60 bits per heavy atom. The van der Waals surface area contributed by atoms with Gasteiger partial charge in [-0.25, -0.2) is 4.98 Å². The Morgan fingerprint density at radius 2 is 2.47 bits per heavy atom. The molecule has 2 aliphatic rings. The first-order valence-corrected chi connectivity index (χ1v) is 7.01. The summed E-state index contributed by atoms with van der Waals surface area (Å²) in [5, 5.41) is 6.71. The van der Waals surface area contributed by atoms with E-state index in [-0.39, 0.29) is 0 Å². The van der Waals surface area contributed by atoms with Gasteiger partial charge in [0.2, 0.25) is 0 Å². The molecule has 3 rings (SSSR count). The second-order valence-electron chi connectivity index (χ2n) is 4.43. The zero-order chi connectivity index (χ0) is 10.4. The monoisotopic (exact) mass is 287 g/mol. The maximum atomic E-state index is 4.51. The first-order valence-electron chi connectivity index (χ1n) is 5.34. The van der Waals surface area contributed by atoms with E-state index in [4.69, 9.17) is 0 Å². The second-order valence-corrected chi connectivity index (χ2v) is 6.08. The van der Waals surface area contributed by atoms with Crippen LogP contribution in [-0.2, 0) is 0 Å². The SMILES string of the molecule is CC1C2CNCC2CN1c1nc(Br)cs1. The summed E-state index contributed by atoms with van der Waals surface area (Å²) in [6, 6.07) is 0.628. The van der Waals surface area contributed by atoms with Crippen LogP contribution < -0.4 is 10.2 Å². The standard InChI is InChI=1S/C10H14BrN3S/c1-6-8-3-12-2-7(8)4-14(6)10-13-9(11)5-15-10/h5-8,12H,2-4H2,1H3. The third-order valence-electron chi connectivity index (χ3n) is 3.64. The van der Waals surface area contributed by atoms with Gasteiger partial charge in [0.15, 0.2) is 5.13 Å². The van der Waals surface area contributed by atoms with Crippen molar-refractivity contribution in [1.29, 1.82) is 0 Å². The first-order chi connectivity index (χ1) is 7.25. The average molecular weight is 288 g/mol. The Kier molecular flexibility index (Phi) is 2.49. The van der Waals surface area contributed by atoms with Crippen LogP contribution in [0.2, 0.25) is 0 Å². The Labute approximate surface area is 102 Å². The zero-order valence-corrected chi connectivity index (χ0v) is 11.0. The van der Waals surface area contributed by atoms with Gasteiger partial charge in [0.05, 0.1) is 0 Å². The number of hydrogen-bond donors (Lipinski definition) is 1. The number of thiazole rings is 1. The van der Waals surface area contributed by atoms with Gasteiger partial charge in [-0.3, -0.25) is 0 Å². The van der Waals surface area contributed by atoms with Crippen LogP contribution in [0.1, 0.15) is 6.92 Å². The van der Waals surface area contributed by atoms with E-state index in [1.54, 1.807) is 11.3 Å². The summed E-state index contributed by atoms with van der Waals surface area (Å²) < 4.78 is 0.963. The number of anilines is 1. The van der Waals surface area contributed by atoms with Gasteiger partial charge in [0.25, 0.3) is 0 Å². The smallest absolute Gasteiger partial charge is 0.186 e. The summed E-state index contributed by atoms with van der Waals surface area (Å²) in [7, 11) is 0. The highest BCUT2D eigenvalue weighted by atomic mass is 79.9. The molecule has 0 amide bonds. The van der Waals surface area contributed by atoms with E-state index in [0.29, 0.717) is 6.04 Å². The van der Waals surface area contributed by atoms with Crippen LogP contribution in [0.5, 0.6) is 0 Å². The number of halogens is 1. The molecule has 15 heavy (non-hydrogen) atoms. The summed E-state index contributed by atoms with van der Waals surface area (Å²) in [6.07, 6.45) is 0. The molecule has 1 N–H and O–H groups in total. The summed E-state index contributed by atoms with van der Waals surface area (Å²) in [5.41, 5.74) is 0. The lowest BCUT2D eigenvalue weighted by atomic mass is 9.95. The van der Waals surface area contributed by atoms with E-state index >= 15 is 0 Å².